The predicted molar refractivity (Wildman–Crippen MR) is 140 cm³/mol. The molecule has 1 atom stereocenters. The number of nitrogens with zero attached hydrogens (tertiary/aromatic N) is 1. The highest BCUT2D eigenvalue weighted by atomic mass is 35.5. The van der Waals surface area contributed by atoms with Crippen LogP contribution >= 0.6 is 11.6 Å². The number of urea groups is 1. The molecule has 0 saturated carbocycles. The van der Waals surface area contributed by atoms with Crippen molar-refractivity contribution < 1.29 is 19.8 Å². The molecule has 0 aliphatic rings. The van der Waals surface area contributed by atoms with Crippen LogP contribution in [0.3, 0.4) is 0 Å². The molecule has 2 aromatic carbocycles. The van der Waals surface area contributed by atoms with E-state index in [9.17, 15) is 24.6 Å². The van der Waals surface area contributed by atoms with E-state index in [1.807, 2.05) is 32.0 Å². The topological polar surface area (TPSA) is 121 Å². The molecule has 0 aliphatic carbocycles. The number of unbranched alkanes of at least 4 members (excludes halogenated alkanes) is 1. The maximum atomic E-state index is 13.3. The fourth-order valence-corrected chi connectivity index (χ4v) is 4.03. The summed E-state index contributed by atoms with van der Waals surface area (Å²) in [6, 6.07) is 12.6. The van der Waals surface area contributed by atoms with Crippen LogP contribution < -0.4 is 16.2 Å². The summed E-state index contributed by atoms with van der Waals surface area (Å²) in [6.07, 6.45) is 3.39. The molecular formula is C27H30ClN3O5. The average Bonchev–Trinajstić information content (AvgIpc) is 2.84. The van der Waals surface area contributed by atoms with E-state index in [4.69, 9.17) is 11.6 Å². The first-order valence-corrected chi connectivity index (χ1v) is 12.1. The Morgan fingerprint density at radius 1 is 1.08 bits per heavy atom. The number of nitrogens with one attached hydrogen (secondary N) is 2. The largest absolute Gasteiger partial charge is 0.505 e. The molecule has 36 heavy (non-hydrogen) atoms. The number of anilines is 1. The van der Waals surface area contributed by atoms with E-state index >= 15 is 0 Å². The number of amides is 2. The van der Waals surface area contributed by atoms with Gasteiger partial charge < -0.3 is 25.4 Å². The Morgan fingerprint density at radius 3 is 2.42 bits per heavy atom. The zero-order valence-corrected chi connectivity index (χ0v) is 21.0. The van der Waals surface area contributed by atoms with Crippen molar-refractivity contribution in [1.82, 2.24) is 9.88 Å². The summed E-state index contributed by atoms with van der Waals surface area (Å²) in [5.74, 6) is -1.39. The first-order chi connectivity index (χ1) is 17.2. The molecule has 0 aliphatic heterocycles. The summed E-state index contributed by atoms with van der Waals surface area (Å²) in [7, 11) is 0. The fourth-order valence-electron chi connectivity index (χ4n) is 3.84. The average molecular weight is 512 g/mol. The van der Waals surface area contributed by atoms with Gasteiger partial charge in [-0.05, 0) is 37.0 Å². The maximum Gasteiger partial charge on any atom is 0.319 e. The van der Waals surface area contributed by atoms with Crippen molar-refractivity contribution in [2.24, 2.45) is 0 Å². The maximum absolute atomic E-state index is 13.3. The molecule has 4 N–H and O–H groups in total. The lowest BCUT2D eigenvalue weighted by Crippen LogP contribution is -2.36. The number of aromatic nitrogens is 1. The lowest BCUT2D eigenvalue weighted by Gasteiger charge is -2.20. The van der Waals surface area contributed by atoms with Crippen LogP contribution in [-0.2, 0) is 17.8 Å². The lowest BCUT2D eigenvalue weighted by atomic mass is 10.0. The van der Waals surface area contributed by atoms with Crippen LogP contribution in [0.2, 0.25) is 5.02 Å². The van der Waals surface area contributed by atoms with E-state index in [-0.39, 0.29) is 24.4 Å². The van der Waals surface area contributed by atoms with Crippen molar-refractivity contribution >= 4 is 29.3 Å². The summed E-state index contributed by atoms with van der Waals surface area (Å²) in [5, 5.41) is 25.7. The normalized spacial score (nSPS) is 11.6. The molecule has 190 valence electrons. The van der Waals surface area contributed by atoms with Gasteiger partial charge in [-0.3, -0.25) is 9.59 Å². The first-order valence-electron chi connectivity index (χ1n) is 11.7. The van der Waals surface area contributed by atoms with Gasteiger partial charge in [0.25, 0.3) is 5.56 Å². The van der Waals surface area contributed by atoms with Gasteiger partial charge in [0, 0.05) is 16.8 Å². The van der Waals surface area contributed by atoms with Crippen LogP contribution in [0.5, 0.6) is 5.75 Å². The van der Waals surface area contributed by atoms with Crippen LogP contribution in [-0.4, -0.2) is 26.8 Å². The SMILES string of the molecule is CCCCc1cn(Cc2ccccc2Cl)c(=O)c(NC(=O)N[C@@H](CC(=O)O)c2ccc(C)cc2)c1O. The van der Waals surface area contributed by atoms with Crippen molar-refractivity contribution in [3.63, 3.8) is 0 Å². The molecule has 1 aromatic heterocycles. The number of carbonyl (C=O) groups is 2. The molecule has 0 saturated heterocycles. The Morgan fingerprint density at radius 2 is 1.78 bits per heavy atom. The van der Waals surface area contributed by atoms with Crippen molar-refractivity contribution in [2.45, 2.75) is 52.1 Å². The van der Waals surface area contributed by atoms with E-state index in [1.54, 1.807) is 36.5 Å². The third-order valence-electron chi connectivity index (χ3n) is 5.83. The lowest BCUT2D eigenvalue weighted by molar-refractivity contribution is -0.137. The second-order valence-corrected chi connectivity index (χ2v) is 9.07. The highest BCUT2D eigenvalue weighted by Gasteiger charge is 2.22. The quantitative estimate of drug-likeness (QED) is 0.296. The van der Waals surface area contributed by atoms with Gasteiger partial charge in [0.15, 0.2) is 5.69 Å². The Balaban J connectivity index is 1.93. The third kappa shape index (κ3) is 6.88. The molecule has 3 rings (SSSR count). The number of aromatic hydroxyl groups is 1. The molecule has 0 spiro atoms. The van der Waals surface area contributed by atoms with Crippen LogP contribution in [0.4, 0.5) is 10.5 Å². The van der Waals surface area contributed by atoms with Gasteiger partial charge in [0.05, 0.1) is 19.0 Å². The number of pyridine rings is 1. The van der Waals surface area contributed by atoms with Crippen LogP contribution in [0.25, 0.3) is 0 Å². The van der Waals surface area contributed by atoms with Crippen LogP contribution in [0.1, 0.15) is 54.5 Å². The molecule has 2 amide bonds. The van der Waals surface area contributed by atoms with Gasteiger partial charge in [0.2, 0.25) is 0 Å². The van der Waals surface area contributed by atoms with Crippen molar-refractivity contribution in [3.05, 3.63) is 92.4 Å². The molecule has 0 radical (unpaired) electrons. The Kier molecular flexibility index (Phi) is 9.13. The number of hydrogen-bond acceptors (Lipinski definition) is 4. The zero-order valence-electron chi connectivity index (χ0n) is 20.3. The van der Waals surface area contributed by atoms with E-state index in [1.165, 1.54) is 4.57 Å². The van der Waals surface area contributed by atoms with Gasteiger partial charge in [-0.1, -0.05) is 73.0 Å². The monoisotopic (exact) mass is 511 g/mol. The number of aliphatic carboxylic acids is 1. The number of carbonyl (C=O) groups excluding carboxylic acids is 1. The second kappa shape index (κ2) is 12.3. The summed E-state index contributed by atoms with van der Waals surface area (Å²) >= 11 is 6.28. The van der Waals surface area contributed by atoms with Gasteiger partial charge in [0.1, 0.15) is 5.75 Å². The van der Waals surface area contributed by atoms with Crippen molar-refractivity contribution in [1.29, 1.82) is 0 Å². The van der Waals surface area contributed by atoms with E-state index in [2.05, 4.69) is 10.6 Å². The molecule has 9 heteroatoms. The molecule has 0 bridgehead atoms. The number of rotatable bonds is 10. The number of hydrogen-bond donors (Lipinski definition) is 4. The number of carboxylic acids is 1. The smallest absolute Gasteiger partial charge is 0.319 e. The van der Waals surface area contributed by atoms with Crippen molar-refractivity contribution in [2.75, 3.05) is 5.32 Å². The highest BCUT2D eigenvalue weighted by Crippen LogP contribution is 2.27. The Hall–Kier alpha value is -3.78. The minimum atomic E-state index is -1.09. The first kappa shape index (κ1) is 26.8. The van der Waals surface area contributed by atoms with Crippen LogP contribution in [0.15, 0.2) is 59.5 Å². The van der Waals surface area contributed by atoms with Crippen molar-refractivity contribution in [3.8, 4) is 5.75 Å². The molecule has 3 aromatic rings. The zero-order chi connectivity index (χ0) is 26.2. The predicted octanol–water partition coefficient (Wildman–Crippen LogP) is 5.24. The third-order valence-corrected chi connectivity index (χ3v) is 6.20. The Bertz CT molecular complexity index is 1290. The number of benzene rings is 2. The van der Waals surface area contributed by atoms with E-state index < -0.39 is 23.6 Å². The van der Waals surface area contributed by atoms with Crippen LogP contribution in [0, 0.1) is 6.92 Å². The van der Waals surface area contributed by atoms with E-state index in [0.717, 1.165) is 18.4 Å². The minimum absolute atomic E-state index is 0.152. The summed E-state index contributed by atoms with van der Waals surface area (Å²) in [6.45, 7) is 4.06. The van der Waals surface area contributed by atoms with Gasteiger partial charge >= 0.3 is 12.0 Å². The Labute approximate surface area is 214 Å². The second-order valence-electron chi connectivity index (χ2n) is 8.67. The highest BCUT2D eigenvalue weighted by molar-refractivity contribution is 6.31. The molecule has 0 unspecified atom stereocenters. The van der Waals surface area contributed by atoms with E-state index in [0.29, 0.717) is 28.1 Å². The molecular weight excluding hydrogens is 482 g/mol. The molecule has 0 fully saturated rings. The van der Waals surface area contributed by atoms with Gasteiger partial charge in [-0.2, -0.15) is 0 Å². The summed E-state index contributed by atoms with van der Waals surface area (Å²) in [5.41, 5.74) is 1.95. The van der Waals surface area contributed by atoms with Gasteiger partial charge in [-0.25, -0.2) is 4.79 Å². The molecule has 1 heterocycles. The van der Waals surface area contributed by atoms with Gasteiger partial charge in [-0.15, -0.1) is 0 Å². The number of halogens is 1. The minimum Gasteiger partial charge on any atom is -0.505 e. The summed E-state index contributed by atoms with van der Waals surface area (Å²) in [4.78, 5) is 37.6. The standard InChI is InChI=1S/C27H30ClN3O5/c1-3-4-7-20-16-31(15-19-8-5-6-9-21(19)28)26(35)24(25(20)34)30-27(36)29-22(14-23(32)33)18-12-10-17(2)11-13-18/h5-6,8-13,16,22,34H,3-4,7,14-15H2,1-2H3,(H,32,33)(H2,29,30,36)/t22-/m0/s1. The number of aryl methyl sites for hydroxylation is 2. The molecule has 8 nitrogen and oxygen atoms in total. The summed E-state index contributed by atoms with van der Waals surface area (Å²) < 4.78 is 1.40. The number of carboxylic acid groups (broad SMARTS) is 1. The fraction of sp³-hybridized carbons (Fsp3) is 0.296.